The van der Waals surface area contributed by atoms with E-state index in [1.54, 1.807) is 37.1 Å². The van der Waals surface area contributed by atoms with E-state index in [1.165, 1.54) is 0 Å². The molecule has 0 spiro atoms. The predicted molar refractivity (Wildman–Crippen MR) is 78.2 cm³/mol. The van der Waals surface area contributed by atoms with Crippen molar-refractivity contribution in [3.05, 3.63) is 18.2 Å². The number of benzene rings is 1. The summed E-state index contributed by atoms with van der Waals surface area (Å²) in [5.74, 6) is 1.01. The third kappa shape index (κ3) is 4.87. The lowest BCUT2D eigenvalue weighted by atomic mass is 10.2. The van der Waals surface area contributed by atoms with E-state index >= 15 is 0 Å². The normalized spacial score (nSPS) is 11.1. The van der Waals surface area contributed by atoms with Crippen LogP contribution in [0.2, 0.25) is 0 Å². The highest BCUT2D eigenvalue weighted by Gasteiger charge is 2.14. The van der Waals surface area contributed by atoms with Crippen molar-refractivity contribution in [2.45, 2.75) is 25.5 Å². The Morgan fingerprint density at radius 3 is 2.67 bits per heavy atom. The van der Waals surface area contributed by atoms with E-state index < -0.39 is 0 Å². The molecule has 0 atom stereocenters. The van der Waals surface area contributed by atoms with Crippen molar-refractivity contribution in [1.82, 2.24) is 0 Å². The van der Waals surface area contributed by atoms with Crippen LogP contribution >= 0.6 is 11.8 Å². The number of nitrogens with one attached hydrogen (secondary N) is 1. The maximum absolute atomic E-state index is 11.8. The highest BCUT2D eigenvalue weighted by atomic mass is 32.2. The van der Waals surface area contributed by atoms with E-state index in [4.69, 9.17) is 10.5 Å². The van der Waals surface area contributed by atoms with Gasteiger partial charge < -0.3 is 15.8 Å². The van der Waals surface area contributed by atoms with E-state index in [-0.39, 0.29) is 10.7 Å². The Morgan fingerprint density at radius 2 is 2.11 bits per heavy atom. The van der Waals surface area contributed by atoms with Gasteiger partial charge in [-0.25, -0.2) is 0 Å². The van der Waals surface area contributed by atoms with E-state index in [9.17, 15) is 4.79 Å². The van der Waals surface area contributed by atoms with Crippen molar-refractivity contribution in [2.75, 3.05) is 23.9 Å². The summed E-state index contributed by atoms with van der Waals surface area (Å²) < 4.78 is 5.16. The third-order valence-electron chi connectivity index (χ3n) is 2.17. The molecule has 1 rings (SSSR count). The van der Waals surface area contributed by atoms with Crippen molar-refractivity contribution < 1.29 is 9.53 Å². The predicted octanol–water partition coefficient (Wildman–Crippen LogP) is 2.75. The molecule has 5 heteroatoms. The summed E-state index contributed by atoms with van der Waals surface area (Å²) in [5, 5.41) is 2.79. The average molecular weight is 268 g/mol. The van der Waals surface area contributed by atoms with Crippen LogP contribution in [0.25, 0.3) is 0 Å². The van der Waals surface area contributed by atoms with Crippen LogP contribution < -0.4 is 15.8 Å². The van der Waals surface area contributed by atoms with Crippen molar-refractivity contribution in [3.63, 3.8) is 0 Å². The van der Waals surface area contributed by atoms with Gasteiger partial charge in [-0.3, -0.25) is 4.79 Å². The Labute approximate surface area is 112 Å². The molecule has 0 saturated heterocycles. The Bertz CT molecular complexity index is 427. The Kier molecular flexibility index (Phi) is 4.90. The maximum Gasteiger partial charge on any atom is 0.234 e. The number of hydrogen-bond acceptors (Lipinski definition) is 4. The van der Waals surface area contributed by atoms with Gasteiger partial charge in [-0.05, 0) is 12.1 Å². The number of carbonyl (C=O) groups is 1. The lowest BCUT2D eigenvalue weighted by molar-refractivity contribution is -0.113. The summed E-state index contributed by atoms with van der Waals surface area (Å²) in [6.07, 6.45) is 0. The second kappa shape index (κ2) is 6.00. The molecule has 0 aliphatic rings. The molecule has 0 bridgehead atoms. The number of methoxy groups -OCH3 is 1. The minimum absolute atomic E-state index is 0.0603. The number of hydrogen-bond donors (Lipinski definition) is 2. The Balaban J connectivity index is 2.64. The molecule has 4 nitrogen and oxygen atoms in total. The first-order valence-corrected chi connectivity index (χ1v) is 6.68. The molecule has 1 aromatic rings. The van der Waals surface area contributed by atoms with Gasteiger partial charge in [0.2, 0.25) is 5.91 Å². The van der Waals surface area contributed by atoms with E-state index in [2.05, 4.69) is 26.1 Å². The van der Waals surface area contributed by atoms with Crippen molar-refractivity contribution in [1.29, 1.82) is 0 Å². The molecule has 0 heterocycles. The number of ether oxygens (including phenoxy) is 1. The molecule has 0 unspecified atom stereocenters. The lowest BCUT2D eigenvalue weighted by Crippen LogP contribution is -2.19. The zero-order chi connectivity index (χ0) is 13.8. The SMILES string of the molecule is COc1ccc(N)c(NC(=O)CSC(C)(C)C)c1. The zero-order valence-electron chi connectivity index (χ0n) is 11.2. The van der Waals surface area contributed by atoms with Gasteiger partial charge in [-0.2, -0.15) is 0 Å². The number of thioether (sulfide) groups is 1. The molecule has 0 radical (unpaired) electrons. The minimum atomic E-state index is -0.0603. The number of rotatable bonds is 4. The summed E-state index contributed by atoms with van der Waals surface area (Å²) in [7, 11) is 1.58. The summed E-state index contributed by atoms with van der Waals surface area (Å²) in [6.45, 7) is 6.22. The zero-order valence-corrected chi connectivity index (χ0v) is 12.1. The molecule has 0 aliphatic heterocycles. The van der Waals surface area contributed by atoms with Crippen LogP contribution in [0.3, 0.4) is 0 Å². The number of nitrogens with two attached hydrogens (primary N) is 1. The van der Waals surface area contributed by atoms with Gasteiger partial charge in [0.15, 0.2) is 0 Å². The van der Waals surface area contributed by atoms with E-state index in [1.807, 2.05) is 0 Å². The highest BCUT2D eigenvalue weighted by molar-refractivity contribution is 8.01. The van der Waals surface area contributed by atoms with Crippen LogP contribution in [0.4, 0.5) is 11.4 Å². The quantitative estimate of drug-likeness (QED) is 0.824. The highest BCUT2D eigenvalue weighted by Crippen LogP contribution is 2.26. The third-order valence-corrected chi connectivity index (χ3v) is 3.44. The second-order valence-corrected chi connectivity index (χ2v) is 6.70. The fourth-order valence-electron chi connectivity index (χ4n) is 1.24. The first-order chi connectivity index (χ1) is 8.31. The first kappa shape index (κ1) is 14.7. The molecule has 0 aliphatic carbocycles. The number of nitrogen functional groups attached to an aromatic ring is 1. The Morgan fingerprint density at radius 1 is 1.44 bits per heavy atom. The van der Waals surface area contributed by atoms with E-state index in [0.717, 1.165) is 0 Å². The van der Waals surface area contributed by atoms with Gasteiger partial charge >= 0.3 is 0 Å². The molecule has 1 aromatic carbocycles. The van der Waals surface area contributed by atoms with Crippen LogP contribution in [-0.2, 0) is 4.79 Å². The van der Waals surface area contributed by atoms with Gasteiger partial charge in [0, 0.05) is 10.8 Å². The fraction of sp³-hybridized carbons (Fsp3) is 0.462. The first-order valence-electron chi connectivity index (χ1n) is 5.69. The van der Waals surface area contributed by atoms with Gasteiger partial charge in [0.25, 0.3) is 0 Å². The van der Waals surface area contributed by atoms with Crippen LogP contribution in [0.1, 0.15) is 20.8 Å². The number of amides is 1. The molecule has 0 aromatic heterocycles. The van der Waals surface area contributed by atoms with Gasteiger partial charge in [0.1, 0.15) is 5.75 Å². The van der Waals surface area contributed by atoms with Gasteiger partial charge in [-0.15, -0.1) is 11.8 Å². The molecule has 3 N–H and O–H groups in total. The monoisotopic (exact) mass is 268 g/mol. The number of anilines is 2. The van der Waals surface area contributed by atoms with Crippen molar-refractivity contribution >= 4 is 29.0 Å². The maximum atomic E-state index is 11.8. The molecule has 100 valence electrons. The molecule has 1 amide bonds. The molecular formula is C13H20N2O2S. The Hall–Kier alpha value is -1.36. The van der Waals surface area contributed by atoms with Gasteiger partial charge in [-0.1, -0.05) is 20.8 Å². The average Bonchev–Trinajstić information content (AvgIpc) is 2.28. The molecule has 0 fully saturated rings. The van der Waals surface area contributed by atoms with Crippen molar-refractivity contribution in [3.8, 4) is 5.75 Å². The summed E-state index contributed by atoms with van der Waals surface area (Å²) >= 11 is 1.59. The number of carbonyl (C=O) groups excluding carboxylic acids is 1. The smallest absolute Gasteiger partial charge is 0.234 e. The summed E-state index contributed by atoms with van der Waals surface area (Å²) in [4.78, 5) is 11.8. The second-order valence-electron chi connectivity index (χ2n) is 4.90. The standard InChI is InChI=1S/C13H20N2O2S/c1-13(2,3)18-8-12(16)15-11-7-9(17-4)5-6-10(11)14/h5-7H,8,14H2,1-4H3,(H,15,16). The van der Waals surface area contributed by atoms with Gasteiger partial charge in [0.05, 0.1) is 24.2 Å². The van der Waals surface area contributed by atoms with E-state index in [0.29, 0.717) is 22.9 Å². The van der Waals surface area contributed by atoms with Crippen LogP contribution in [0.5, 0.6) is 5.75 Å². The van der Waals surface area contributed by atoms with Crippen LogP contribution in [0, 0.1) is 0 Å². The summed E-state index contributed by atoms with van der Waals surface area (Å²) in [5.41, 5.74) is 6.92. The van der Waals surface area contributed by atoms with Crippen molar-refractivity contribution in [2.24, 2.45) is 0 Å². The minimum Gasteiger partial charge on any atom is -0.497 e. The molecule has 0 saturated carbocycles. The fourth-order valence-corrected chi connectivity index (χ4v) is 1.88. The van der Waals surface area contributed by atoms with Crippen LogP contribution in [-0.4, -0.2) is 23.5 Å². The lowest BCUT2D eigenvalue weighted by Gasteiger charge is -2.17. The largest absolute Gasteiger partial charge is 0.497 e. The summed E-state index contributed by atoms with van der Waals surface area (Å²) in [6, 6.07) is 5.19. The molecule has 18 heavy (non-hydrogen) atoms. The van der Waals surface area contributed by atoms with Crippen LogP contribution in [0.15, 0.2) is 18.2 Å². The molecular weight excluding hydrogens is 248 g/mol. The topological polar surface area (TPSA) is 64.3 Å².